The lowest BCUT2D eigenvalue weighted by atomic mass is 10.1. The van der Waals surface area contributed by atoms with Gasteiger partial charge in [-0.1, -0.05) is 35.9 Å². The van der Waals surface area contributed by atoms with Crippen LogP contribution in [0, 0.1) is 0 Å². The highest BCUT2D eigenvalue weighted by Gasteiger charge is 2.33. The number of halogens is 1. The molecule has 2 aromatic rings. The van der Waals surface area contributed by atoms with Gasteiger partial charge in [0.25, 0.3) is 0 Å². The number of anilines is 1. The van der Waals surface area contributed by atoms with Gasteiger partial charge in [-0.3, -0.25) is 9.59 Å². The molecule has 4 nitrogen and oxygen atoms in total. The maximum Gasteiger partial charge on any atom is 0.240 e. The van der Waals surface area contributed by atoms with Crippen LogP contribution in [0.15, 0.2) is 53.4 Å². The van der Waals surface area contributed by atoms with Gasteiger partial charge >= 0.3 is 0 Å². The number of carbonyl (C=O) groups is 2. The number of nitrogens with one attached hydrogen (secondary N) is 1. The summed E-state index contributed by atoms with van der Waals surface area (Å²) >= 11 is 7.56. The minimum atomic E-state index is -0.201. The Labute approximate surface area is 169 Å². The summed E-state index contributed by atoms with van der Waals surface area (Å²) in [5.41, 5.74) is 1.92. The van der Waals surface area contributed by atoms with E-state index in [4.69, 9.17) is 11.6 Å². The summed E-state index contributed by atoms with van der Waals surface area (Å²) in [7, 11) is 0. The van der Waals surface area contributed by atoms with Crippen LogP contribution in [0.2, 0.25) is 5.02 Å². The summed E-state index contributed by atoms with van der Waals surface area (Å²) in [4.78, 5) is 27.9. The molecule has 27 heavy (non-hydrogen) atoms. The highest BCUT2D eigenvalue weighted by molar-refractivity contribution is 8.00. The first-order chi connectivity index (χ1) is 12.8. The van der Waals surface area contributed by atoms with E-state index < -0.39 is 0 Å². The lowest BCUT2D eigenvalue weighted by molar-refractivity contribution is -0.124. The van der Waals surface area contributed by atoms with Gasteiger partial charge in [0.15, 0.2) is 0 Å². The second-order valence-corrected chi connectivity index (χ2v) is 9.40. The molecule has 1 aliphatic heterocycles. The van der Waals surface area contributed by atoms with Crippen LogP contribution in [0.1, 0.15) is 25.8 Å². The minimum Gasteiger partial charge on any atom is -0.354 e. The van der Waals surface area contributed by atoms with E-state index in [-0.39, 0.29) is 23.1 Å². The summed E-state index contributed by atoms with van der Waals surface area (Å²) in [6, 6.07) is 15.3. The monoisotopic (exact) mass is 402 g/mol. The summed E-state index contributed by atoms with van der Waals surface area (Å²) < 4.78 is -0.201. The van der Waals surface area contributed by atoms with Crippen LogP contribution < -0.4 is 10.2 Å². The smallest absolute Gasteiger partial charge is 0.240 e. The van der Waals surface area contributed by atoms with Gasteiger partial charge in [0.1, 0.15) is 6.54 Å². The molecule has 0 aliphatic carbocycles. The van der Waals surface area contributed by atoms with Crippen molar-refractivity contribution in [3.63, 3.8) is 0 Å². The number of benzene rings is 2. The van der Waals surface area contributed by atoms with Crippen molar-refractivity contribution in [3.8, 4) is 0 Å². The van der Waals surface area contributed by atoms with Gasteiger partial charge in [-0.15, -0.1) is 11.8 Å². The fourth-order valence-corrected chi connectivity index (χ4v) is 4.41. The third-order valence-electron chi connectivity index (χ3n) is 4.37. The Hall–Kier alpha value is -1.98. The zero-order valence-electron chi connectivity index (χ0n) is 15.5. The van der Waals surface area contributed by atoms with Gasteiger partial charge in [0.2, 0.25) is 11.8 Å². The molecule has 6 heteroatoms. The first kappa shape index (κ1) is 19.8. The van der Waals surface area contributed by atoms with Crippen LogP contribution in [0.5, 0.6) is 0 Å². The van der Waals surface area contributed by atoms with Crippen molar-refractivity contribution >= 4 is 40.9 Å². The zero-order chi connectivity index (χ0) is 19.4. The average Bonchev–Trinajstić information content (AvgIpc) is 2.70. The number of para-hydroxylation sites is 1. The fraction of sp³-hybridized carbons (Fsp3) is 0.333. The third kappa shape index (κ3) is 5.27. The molecule has 1 aliphatic rings. The molecule has 0 aromatic heterocycles. The van der Waals surface area contributed by atoms with Gasteiger partial charge < -0.3 is 10.2 Å². The van der Waals surface area contributed by atoms with Crippen molar-refractivity contribution in [3.05, 3.63) is 59.1 Å². The molecule has 0 spiro atoms. The molecule has 1 heterocycles. The molecule has 0 bridgehead atoms. The predicted molar refractivity (Wildman–Crippen MR) is 112 cm³/mol. The van der Waals surface area contributed by atoms with E-state index in [0.717, 1.165) is 22.6 Å². The molecule has 0 saturated heterocycles. The minimum absolute atomic E-state index is 0.0229. The molecular weight excluding hydrogens is 380 g/mol. The molecule has 2 aromatic carbocycles. The Kier molecular flexibility index (Phi) is 6.12. The standard InChI is InChI=1S/C21H23ClN2O2S/c1-21(2)13-20(26)24(17-5-3-4-6-18(17)27-21)14-19(25)23-12-11-15-7-9-16(22)10-8-15/h3-10H,11-14H2,1-2H3,(H,23,25). The summed E-state index contributed by atoms with van der Waals surface area (Å²) in [6.45, 7) is 4.67. The third-order valence-corrected chi connectivity index (χ3v) is 5.89. The van der Waals surface area contributed by atoms with Crippen molar-refractivity contribution in [1.29, 1.82) is 0 Å². The Balaban J connectivity index is 1.64. The summed E-state index contributed by atoms with van der Waals surface area (Å²) in [5, 5.41) is 3.61. The summed E-state index contributed by atoms with van der Waals surface area (Å²) in [5.74, 6) is -0.179. The van der Waals surface area contributed by atoms with Gasteiger partial charge in [-0.05, 0) is 50.1 Å². The average molecular weight is 403 g/mol. The van der Waals surface area contributed by atoms with Crippen LogP contribution in [-0.2, 0) is 16.0 Å². The topological polar surface area (TPSA) is 49.4 Å². The van der Waals surface area contributed by atoms with E-state index in [9.17, 15) is 9.59 Å². The Bertz CT molecular complexity index is 836. The van der Waals surface area contributed by atoms with Crippen molar-refractivity contribution < 1.29 is 9.59 Å². The molecule has 142 valence electrons. The quantitative estimate of drug-likeness (QED) is 0.810. The number of hydrogen-bond donors (Lipinski definition) is 1. The largest absolute Gasteiger partial charge is 0.354 e. The molecule has 0 atom stereocenters. The highest BCUT2D eigenvalue weighted by Crippen LogP contribution is 2.43. The van der Waals surface area contributed by atoms with E-state index >= 15 is 0 Å². The van der Waals surface area contributed by atoms with E-state index in [0.29, 0.717) is 18.0 Å². The van der Waals surface area contributed by atoms with Gasteiger partial charge in [-0.2, -0.15) is 0 Å². The Morgan fingerprint density at radius 2 is 1.89 bits per heavy atom. The van der Waals surface area contributed by atoms with Gasteiger partial charge in [0, 0.05) is 27.6 Å². The molecular formula is C21H23ClN2O2S. The molecule has 3 rings (SSSR count). The number of nitrogens with zero attached hydrogens (tertiary/aromatic N) is 1. The molecule has 2 amide bonds. The number of fused-ring (bicyclic) bond motifs is 1. The second-order valence-electron chi connectivity index (χ2n) is 7.21. The number of rotatable bonds is 5. The van der Waals surface area contributed by atoms with Crippen molar-refractivity contribution in [2.45, 2.75) is 36.3 Å². The van der Waals surface area contributed by atoms with Gasteiger partial charge in [-0.25, -0.2) is 0 Å². The number of thioether (sulfide) groups is 1. The van der Waals surface area contributed by atoms with Crippen molar-refractivity contribution in [2.75, 3.05) is 18.0 Å². The van der Waals surface area contributed by atoms with Crippen molar-refractivity contribution in [2.24, 2.45) is 0 Å². The lowest BCUT2D eigenvalue weighted by Gasteiger charge is -2.22. The molecule has 0 fully saturated rings. The normalized spacial score (nSPS) is 15.8. The molecule has 0 unspecified atom stereocenters. The van der Waals surface area contributed by atoms with Gasteiger partial charge in [0.05, 0.1) is 5.69 Å². The molecule has 0 saturated carbocycles. The predicted octanol–water partition coefficient (Wildman–Crippen LogP) is 4.31. The van der Waals surface area contributed by atoms with E-state index in [1.54, 1.807) is 16.7 Å². The van der Waals surface area contributed by atoms with E-state index in [1.165, 1.54) is 0 Å². The molecule has 0 radical (unpaired) electrons. The Morgan fingerprint density at radius 1 is 1.19 bits per heavy atom. The zero-order valence-corrected chi connectivity index (χ0v) is 17.1. The van der Waals surface area contributed by atoms with E-state index in [2.05, 4.69) is 19.2 Å². The van der Waals surface area contributed by atoms with Crippen LogP contribution in [0.4, 0.5) is 5.69 Å². The summed E-state index contributed by atoms with van der Waals surface area (Å²) in [6.07, 6.45) is 1.11. The molecule has 1 N–H and O–H groups in total. The van der Waals surface area contributed by atoms with Crippen LogP contribution in [-0.4, -0.2) is 29.7 Å². The fourth-order valence-electron chi connectivity index (χ4n) is 3.06. The van der Waals surface area contributed by atoms with Crippen LogP contribution in [0.25, 0.3) is 0 Å². The highest BCUT2D eigenvalue weighted by atomic mass is 35.5. The second kappa shape index (κ2) is 8.36. The first-order valence-corrected chi connectivity index (χ1v) is 10.1. The van der Waals surface area contributed by atoms with E-state index in [1.807, 2.05) is 48.5 Å². The lowest BCUT2D eigenvalue weighted by Crippen LogP contribution is -2.42. The maximum atomic E-state index is 12.8. The number of amides is 2. The first-order valence-electron chi connectivity index (χ1n) is 8.94. The number of hydrogen-bond acceptors (Lipinski definition) is 3. The number of carbonyl (C=O) groups excluding carboxylic acids is 2. The van der Waals surface area contributed by atoms with Crippen LogP contribution >= 0.6 is 23.4 Å². The van der Waals surface area contributed by atoms with Crippen LogP contribution in [0.3, 0.4) is 0 Å². The van der Waals surface area contributed by atoms with Crippen molar-refractivity contribution in [1.82, 2.24) is 5.32 Å². The Morgan fingerprint density at radius 3 is 2.63 bits per heavy atom. The SMILES string of the molecule is CC1(C)CC(=O)N(CC(=O)NCCc2ccc(Cl)cc2)c2ccccc2S1. The maximum absolute atomic E-state index is 12.8.